The Labute approximate surface area is 132 Å². The lowest BCUT2D eigenvalue weighted by molar-refractivity contribution is 0.354. The summed E-state index contributed by atoms with van der Waals surface area (Å²) in [6, 6.07) is 7.24. The molecule has 1 fully saturated rings. The molecule has 1 aliphatic rings. The smallest absolute Gasteiger partial charge is 0.275 e. The summed E-state index contributed by atoms with van der Waals surface area (Å²) < 4.78 is 6.59. The van der Waals surface area contributed by atoms with Crippen molar-refractivity contribution >= 4 is 10.8 Å². The van der Waals surface area contributed by atoms with Gasteiger partial charge >= 0.3 is 0 Å². The predicted molar refractivity (Wildman–Crippen MR) is 83.8 cm³/mol. The van der Waals surface area contributed by atoms with E-state index in [2.05, 4.69) is 15.2 Å². The molecule has 7 nitrogen and oxygen atoms in total. The molecule has 0 aliphatic heterocycles. The lowest BCUT2D eigenvalue weighted by atomic mass is 10.1. The maximum atomic E-state index is 12.5. The maximum Gasteiger partial charge on any atom is 0.275 e. The van der Waals surface area contributed by atoms with Gasteiger partial charge in [-0.1, -0.05) is 23.4 Å². The molecule has 2 N–H and O–H groups in total. The Morgan fingerprint density at radius 2 is 2.09 bits per heavy atom. The van der Waals surface area contributed by atoms with Crippen LogP contribution in [-0.4, -0.2) is 19.9 Å². The summed E-state index contributed by atoms with van der Waals surface area (Å²) in [7, 11) is 0. The third-order valence-corrected chi connectivity index (χ3v) is 4.25. The zero-order chi connectivity index (χ0) is 16.0. The Bertz CT molecular complexity index is 926. The summed E-state index contributed by atoms with van der Waals surface area (Å²) in [5.41, 5.74) is 6.68. The van der Waals surface area contributed by atoms with Crippen molar-refractivity contribution in [3.63, 3.8) is 0 Å². The number of fused-ring (bicyclic) bond motifs is 1. The molecule has 1 unspecified atom stereocenters. The average Bonchev–Trinajstić information content (AvgIpc) is 3.31. The van der Waals surface area contributed by atoms with Gasteiger partial charge in [0.1, 0.15) is 6.54 Å². The Morgan fingerprint density at radius 1 is 1.35 bits per heavy atom. The number of aryl methyl sites for hydroxylation is 1. The van der Waals surface area contributed by atoms with E-state index < -0.39 is 0 Å². The van der Waals surface area contributed by atoms with Gasteiger partial charge in [0.2, 0.25) is 5.89 Å². The first-order chi connectivity index (χ1) is 11.1. The second-order valence-electron chi connectivity index (χ2n) is 6.00. The van der Waals surface area contributed by atoms with Gasteiger partial charge in [0.05, 0.1) is 17.1 Å². The molecule has 118 valence electrons. The van der Waals surface area contributed by atoms with Crippen molar-refractivity contribution in [2.24, 2.45) is 11.7 Å². The minimum absolute atomic E-state index is 0.148. The summed E-state index contributed by atoms with van der Waals surface area (Å²) in [5.74, 6) is 1.30. The van der Waals surface area contributed by atoms with Crippen molar-refractivity contribution in [2.45, 2.75) is 32.4 Å². The first-order valence-electron chi connectivity index (χ1n) is 7.68. The molecule has 1 aliphatic carbocycles. The fraction of sp³-hybridized carbons (Fsp3) is 0.375. The predicted octanol–water partition coefficient (Wildman–Crippen LogP) is 1.55. The molecule has 2 heterocycles. The minimum Gasteiger partial charge on any atom is -0.337 e. The Hall–Kier alpha value is -2.54. The normalized spacial score (nSPS) is 15.9. The third kappa shape index (κ3) is 2.53. The van der Waals surface area contributed by atoms with Crippen LogP contribution in [0.15, 0.2) is 33.6 Å². The monoisotopic (exact) mass is 311 g/mol. The summed E-state index contributed by atoms with van der Waals surface area (Å²) in [4.78, 5) is 16.8. The molecular weight excluding hydrogens is 294 g/mol. The standard InChI is InChI=1S/C16H17N5O2/c1-9-11-4-2-3-5-12(11)16(22)21(19-9)8-13-18-15(20-23-13)14(17)10-6-7-10/h2-5,10,14H,6-8,17H2,1H3. The molecule has 1 saturated carbocycles. The Balaban J connectivity index is 1.67. The molecular formula is C16H17N5O2. The topological polar surface area (TPSA) is 99.8 Å². The van der Waals surface area contributed by atoms with E-state index in [0.29, 0.717) is 23.0 Å². The van der Waals surface area contributed by atoms with Gasteiger partial charge in [-0.15, -0.1) is 0 Å². The van der Waals surface area contributed by atoms with Crippen LogP contribution in [0.3, 0.4) is 0 Å². The maximum absolute atomic E-state index is 12.5. The van der Waals surface area contributed by atoms with Crippen molar-refractivity contribution in [1.82, 2.24) is 19.9 Å². The van der Waals surface area contributed by atoms with Gasteiger partial charge in [0.25, 0.3) is 5.56 Å². The molecule has 0 saturated heterocycles. The fourth-order valence-electron chi connectivity index (χ4n) is 2.77. The largest absolute Gasteiger partial charge is 0.337 e. The van der Waals surface area contributed by atoms with Crippen LogP contribution < -0.4 is 11.3 Å². The number of nitrogens with two attached hydrogens (primary N) is 1. The van der Waals surface area contributed by atoms with E-state index in [4.69, 9.17) is 10.3 Å². The van der Waals surface area contributed by atoms with Crippen molar-refractivity contribution in [3.05, 3.63) is 52.0 Å². The summed E-state index contributed by atoms with van der Waals surface area (Å²) in [6.07, 6.45) is 2.21. The second-order valence-corrected chi connectivity index (χ2v) is 6.00. The molecule has 1 atom stereocenters. The highest BCUT2D eigenvalue weighted by Gasteiger charge is 2.32. The van der Waals surface area contributed by atoms with Crippen LogP contribution in [0.2, 0.25) is 0 Å². The van der Waals surface area contributed by atoms with Crippen LogP contribution in [0, 0.1) is 12.8 Å². The molecule has 23 heavy (non-hydrogen) atoms. The van der Waals surface area contributed by atoms with Gasteiger partial charge in [-0.05, 0) is 31.7 Å². The van der Waals surface area contributed by atoms with Crippen LogP contribution in [0.25, 0.3) is 10.8 Å². The van der Waals surface area contributed by atoms with Crippen LogP contribution in [0.4, 0.5) is 0 Å². The van der Waals surface area contributed by atoms with Gasteiger partial charge in [-0.2, -0.15) is 10.1 Å². The molecule has 0 bridgehead atoms. The zero-order valence-corrected chi connectivity index (χ0v) is 12.8. The minimum atomic E-state index is -0.185. The molecule has 3 aromatic rings. The van der Waals surface area contributed by atoms with E-state index in [1.54, 1.807) is 6.07 Å². The molecule has 2 aromatic heterocycles. The first-order valence-corrected chi connectivity index (χ1v) is 7.68. The molecule has 4 rings (SSSR count). The number of aromatic nitrogens is 4. The van der Waals surface area contributed by atoms with Crippen molar-refractivity contribution in [2.75, 3.05) is 0 Å². The molecule has 7 heteroatoms. The Morgan fingerprint density at radius 3 is 2.83 bits per heavy atom. The van der Waals surface area contributed by atoms with Gasteiger partial charge in [0, 0.05) is 5.39 Å². The van der Waals surface area contributed by atoms with E-state index in [-0.39, 0.29) is 18.1 Å². The third-order valence-electron chi connectivity index (χ3n) is 4.25. The molecule has 0 radical (unpaired) electrons. The highest BCUT2D eigenvalue weighted by atomic mass is 16.5. The molecule has 1 aromatic carbocycles. The highest BCUT2D eigenvalue weighted by molar-refractivity contribution is 5.83. The first kappa shape index (κ1) is 14.1. The molecule has 0 amide bonds. The lowest BCUT2D eigenvalue weighted by Gasteiger charge is -2.06. The zero-order valence-electron chi connectivity index (χ0n) is 12.8. The highest BCUT2D eigenvalue weighted by Crippen LogP contribution is 2.38. The van der Waals surface area contributed by atoms with Gasteiger partial charge < -0.3 is 10.3 Å². The average molecular weight is 311 g/mol. The fourth-order valence-corrected chi connectivity index (χ4v) is 2.77. The second kappa shape index (κ2) is 5.27. The molecule has 0 spiro atoms. The summed E-state index contributed by atoms with van der Waals surface area (Å²) in [5, 5.41) is 9.77. The van der Waals surface area contributed by atoms with Crippen molar-refractivity contribution in [3.8, 4) is 0 Å². The number of rotatable bonds is 4. The number of hydrogen-bond donors (Lipinski definition) is 1. The van der Waals surface area contributed by atoms with E-state index in [1.807, 2.05) is 25.1 Å². The van der Waals surface area contributed by atoms with Crippen molar-refractivity contribution < 1.29 is 4.52 Å². The van der Waals surface area contributed by atoms with Crippen LogP contribution >= 0.6 is 0 Å². The van der Waals surface area contributed by atoms with E-state index >= 15 is 0 Å². The number of hydrogen-bond acceptors (Lipinski definition) is 6. The van der Waals surface area contributed by atoms with E-state index in [1.165, 1.54) is 4.68 Å². The number of benzene rings is 1. The van der Waals surface area contributed by atoms with Crippen LogP contribution in [-0.2, 0) is 6.54 Å². The van der Waals surface area contributed by atoms with Gasteiger partial charge in [0.15, 0.2) is 5.82 Å². The van der Waals surface area contributed by atoms with Gasteiger partial charge in [-0.25, -0.2) is 4.68 Å². The van der Waals surface area contributed by atoms with E-state index in [0.717, 1.165) is 23.9 Å². The van der Waals surface area contributed by atoms with Gasteiger partial charge in [-0.3, -0.25) is 4.79 Å². The SMILES string of the molecule is Cc1nn(Cc2nc(C(N)C3CC3)no2)c(=O)c2ccccc12. The van der Waals surface area contributed by atoms with E-state index in [9.17, 15) is 4.79 Å². The Kier molecular flexibility index (Phi) is 3.23. The van der Waals surface area contributed by atoms with Crippen molar-refractivity contribution in [1.29, 1.82) is 0 Å². The summed E-state index contributed by atoms with van der Waals surface area (Å²) >= 11 is 0. The number of nitrogens with zero attached hydrogens (tertiary/aromatic N) is 4. The quantitative estimate of drug-likeness (QED) is 0.784. The lowest BCUT2D eigenvalue weighted by Crippen LogP contribution is -2.24. The van der Waals surface area contributed by atoms with Crippen LogP contribution in [0.5, 0.6) is 0 Å². The van der Waals surface area contributed by atoms with Crippen LogP contribution in [0.1, 0.15) is 36.3 Å². The summed E-state index contributed by atoms with van der Waals surface area (Å²) in [6.45, 7) is 2.02.